The molecule has 6 heteroatoms. The van der Waals surface area contributed by atoms with Crippen LogP contribution in [-0.2, 0) is 19.1 Å². The van der Waals surface area contributed by atoms with Gasteiger partial charge in [-0.05, 0) is 41.1 Å². The summed E-state index contributed by atoms with van der Waals surface area (Å²) in [5.41, 5.74) is 6.85. The van der Waals surface area contributed by atoms with E-state index in [2.05, 4.69) is 0 Å². The number of rotatable bonds is 3. The lowest BCUT2D eigenvalue weighted by atomic mass is 10.1. The van der Waals surface area contributed by atoms with Crippen LogP contribution in [0.4, 0.5) is 13.2 Å². The van der Waals surface area contributed by atoms with Gasteiger partial charge in [0.1, 0.15) is 0 Å². The fraction of sp³-hybridized carbons (Fsp3) is 0.231. The lowest BCUT2D eigenvalue weighted by Gasteiger charge is -2.07. The van der Waals surface area contributed by atoms with E-state index in [1.165, 1.54) is 12.1 Å². The van der Waals surface area contributed by atoms with Crippen molar-refractivity contribution in [3.63, 3.8) is 0 Å². The van der Waals surface area contributed by atoms with Crippen molar-refractivity contribution in [2.75, 3.05) is 0 Å². The van der Waals surface area contributed by atoms with Gasteiger partial charge < -0.3 is 5.73 Å². The Bertz CT molecular complexity index is 519. The van der Waals surface area contributed by atoms with Gasteiger partial charge in [0.2, 0.25) is 0 Å². The average molecular weight is 308 g/mol. The van der Waals surface area contributed by atoms with Gasteiger partial charge in [-0.2, -0.15) is 13.2 Å². The molecule has 0 aliphatic rings. The number of hydrogen-bond acceptors (Lipinski definition) is 2. The predicted octanol–water partition coefficient (Wildman–Crippen LogP) is 4.24. The van der Waals surface area contributed by atoms with Crippen molar-refractivity contribution < 1.29 is 13.2 Å². The average Bonchev–Trinajstić information content (AvgIpc) is 2.76. The number of halogens is 4. The first-order valence-electron chi connectivity index (χ1n) is 5.41. The minimum absolute atomic E-state index is 0. The molecule has 0 unspecified atom stereocenters. The van der Waals surface area contributed by atoms with E-state index in [0.29, 0.717) is 13.0 Å². The minimum atomic E-state index is -4.27. The maximum absolute atomic E-state index is 12.4. The van der Waals surface area contributed by atoms with Gasteiger partial charge in [-0.15, -0.1) is 23.7 Å². The van der Waals surface area contributed by atoms with Crippen LogP contribution in [0.3, 0.4) is 0 Å². The minimum Gasteiger partial charge on any atom is -0.326 e. The monoisotopic (exact) mass is 307 g/mol. The first kappa shape index (κ1) is 16.0. The molecular formula is C13H13ClF3NS. The molecule has 1 nitrogen and oxygen atoms in total. The number of hydrogen-bond donors (Lipinski definition) is 1. The Morgan fingerprint density at radius 3 is 2.16 bits per heavy atom. The van der Waals surface area contributed by atoms with Crippen molar-refractivity contribution >= 4 is 23.7 Å². The summed E-state index contributed by atoms with van der Waals surface area (Å²) < 4.78 is 37.2. The molecule has 2 rings (SSSR count). The van der Waals surface area contributed by atoms with Crippen LogP contribution >= 0.6 is 23.7 Å². The van der Waals surface area contributed by atoms with Crippen LogP contribution in [0.2, 0.25) is 0 Å². The van der Waals surface area contributed by atoms with E-state index in [1.807, 2.05) is 11.4 Å². The van der Waals surface area contributed by atoms with Crippen LogP contribution in [0.15, 0.2) is 35.7 Å². The topological polar surface area (TPSA) is 26.0 Å². The molecule has 2 N–H and O–H groups in total. The van der Waals surface area contributed by atoms with Crippen molar-refractivity contribution in [1.82, 2.24) is 0 Å². The molecule has 0 atom stereocenters. The van der Waals surface area contributed by atoms with Crippen LogP contribution in [0.25, 0.3) is 0 Å². The van der Waals surface area contributed by atoms with Crippen molar-refractivity contribution in [2.24, 2.45) is 5.73 Å². The molecule has 0 radical (unpaired) electrons. The van der Waals surface area contributed by atoms with Gasteiger partial charge in [-0.25, -0.2) is 0 Å². The number of alkyl halides is 3. The maximum atomic E-state index is 12.4. The lowest BCUT2D eigenvalue weighted by molar-refractivity contribution is -0.137. The summed E-state index contributed by atoms with van der Waals surface area (Å²) in [6.07, 6.45) is -3.64. The van der Waals surface area contributed by atoms with E-state index in [1.54, 1.807) is 11.3 Å². The van der Waals surface area contributed by atoms with E-state index in [0.717, 1.165) is 28.1 Å². The summed E-state index contributed by atoms with van der Waals surface area (Å²) in [5.74, 6) is 0. The van der Waals surface area contributed by atoms with Gasteiger partial charge in [0, 0.05) is 11.4 Å². The summed E-state index contributed by atoms with van der Waals surface area (Å²) in [6, 6.07) is 7.25. The van der Waals surface area contributed by atoms with E-state index in [-0.39, 0.29) is 12.4 Å². The fourth-order valence-electron chi connectivity index (χ4n) is 1.67. The summed E-state index contributed by atoms with van der Waals surface area (Å²) in [5, 5.41) is 1.99. The highest BCUT2D eigenvalue weighted by Gasteiger charge is 2.29. The molecule has 2 aromatic rings. The lowest BCUT2D eigenvalue weighted by Crippen LogP contribution is -2.04. The highest BCUT2D eigenvalue weighted by atomic mass is 35.5. The largest absolute Gasteiger partial charge is 0.416 e. The Morgan fingerprint density at radius 1 is 1.05 bits per heavy atom. The molecule has 104 valence electrons. The highest BCUT2D eigenvalue weighted by Crippen LogP contribution is 2.29. The molecule has 0 fully saturated rings. The van der Waals surface area contributed by atoms with Gasteiger partial charge in [0.05, 0.1) is 5.56 Å². The van der Waals surface area contributed by atoms with E-state index in [9.17, 15) is 13.2 Å². The molecular weight excluding hydrogens is 295 g/mol. The van der Waals surface area contributed by atoms with Crippen molar-refractivity contribution in [3.8, 4) is 0 Å². The maximum Gasteiger partial charge on any atom is 0.416 e. The molecule has 1 aromatic heterocycles. The zero-order valence-electron chi connectivity index (χ0n) is 9.91. The quantitative estimate of drug-likeness (QED) is 0.902. The van der Waals surface area contributed by atoms with Gasteiger partial charge >= 0.3 is 6.18 Å². The molecule has 0 amide bonds. The normalized spacial score (nSPS) is 11.2. The van der Waals surface area contributed by atoms with Crippen LogP contribution in [-0.4, -0.2) is 0 Å². The summed E-state index contributed by atoms with van der Waals surface area (Å²) in [6.45, 7) is 0.498. The SMILES string of the molecule is Cl.NCc1cc(Cc2ccc(C(F)(F)F)cc2)cs1. The van der Waals surface area contributed by atoms with Gasteiger partial charge in [-0.3, -0.25) is 0 Å². The van der Waals surface area contributed by atoms with Crippen molar-refractivity contribution in [3.05, 3.63) is 57.3 Å². The number of nitrogens with two attached hydrogens (primary N) is 1. The number of thiophene rings is 1. The number of benzene rings is 1. The predicted molar refractivity (Wildman–Crippen MR) is 73.7 cm³/mol. The van der Waals surface area contributed by atoms with Gasteiger partial charge in [-0.1, -0.05) is 12.1 Å². The second kappa shape index (κ2) is 6.41. The summed E-state index contributed by atoms with van der Waals surface area (Å²) in [4.78, 5) is 1.08. The Morgan fingerprint density at radius 2 is 1.68 bits per heavy atom. The Balaban J connectivity index is 0.00000180. The first-order valence-corrected chi connectivity index (χ1v) is 6.29. The molecule has 19 heavy (non-hydrogen) atoms. The van der Waals surface area contributed by atoms with Crippen LogP contribution in [0.5, 0.6) is 0 Å². The molecule has 1 aromatic carbocycles. The standard InChI is InChI=1S/C13H12F3NS.ClH/c14-13(15,16)11-3-1-9(2-4-11)5-10-6-12(7-17)18-8-10;/h1-4,6,8H,5,7,17H2;1H. The van der Waals surface area contributed by atoms with Gasteiger partial charge in [0.25, 0.3) is 0 Å². The molecule has 0 saturated carbocycles. The molecule has 0 aliphatic carbocycles. The second-order valence-electron chi connectivity index (χ2n) is 4.00. The Hall–Kier alpha value is -1.04. The highest BCUT2D eigenvalue weighted by molar-refractivity contribution is 7.10. The summed E-state index contributed by atoms with van der Waals surface area (Å²) in [7, 11) is 0. The first-order chi connectivity index (χ1) is 8.49. The van der Waals surface area contributed by atoms with Crippen LogP contribution in [0, 0.1) is 0 Å². The van der Waals surface area contributed by atoms with E-state index in [4.69, 9.17) is 5.73 Å². The van der Waals surface area contributed by atoms with E-state index >= 15 is 0 Å². The Kier molecular flexibility index (Phi) is 5.40. The van der Waals surface area contributed by atoms with Crippen molar-refractivity contribution in [1.29, 1.82) is 0 Å². The molecule has 0 bridgehead atoms. The zero-order chi connectivity index (χ0) is 13.2. The molecule has 0 saturated heterocycles. The van der Waals surface area contributed by atoms with Gasteiger partial charge in [0.15, 0.2) is 0 Å². The molecule has 0 spiro atoms. The third-order valence-corrected chi connectivity index (χ3v) is 3.61. The third kappa shape index (κ3) is 4.23. The van der Waals surface area contributed by atoms with E-state index < -0.39 is 11.7 Å². The smallest absolute Gasteiger partial charge is 0.326 e. The van der Waals surface area contributed by atoms with Crippen LogP contribution in [0.1, 0.15) is 21.6 Å². The second-order valence-corrected chi connectivity index (χ2v) is 4.99. The Labute approximate surface area is 119 Å². The zero-order valence-corrected chi connectivity index (χ0v) is 11.5. The molecule has 0 aliphatic heterocycles. The van der Waals surface area contributed by atoms with Crippen LogP contribution < -0.4 is 5.73 Å². The van der Waals surface area contributed by atoms with Crippen molar-refractivity contribution in [2.45, 2.75) is 19.1 Å². The molecule has 1 heterocycles. The fourth-order valence-corrected chi connectivity index (χ4v) is 2.44. The third-order valence-electron chi connectivity index (χ3n) is 2.60. The summed E-state index contributed by atoms with van der Waals surface area (Å²) >= 11 is 1.57.